The van der Waals surface area contributed by atoms with Crippen molar-refractivity contribution < 1.29 is 33.3 Å². The number of esters is 1. The molecule has 2 aliphatic rings. The van der Waals surface area contributed by atoms with E-state index in [1.807, 2.05) is 63.2 Å². The van der Waals surface area contributed by atoms with Crippen LogP contribution in [0.5, 0.6) is 17.2 Å². The highest BCUT2D eigenvalue weighted by Crippen LogP contribution is 2.47. The lowest BCUT2D eigenvalue weighted by atomic mass is 9.69. The third kappa shape index (κ3) is 6.17. The molecule has 0 radical (unpaired) electrons. The first-order valence-corrected chi connectivity index (χ1v) is 13.4. The Balaban J connectivity index is 1.71. The molecular weight excluding hydrogens is 498 g/mol. The number of allylic oxidation sites excluding steroid dienone is 2. The van der Waals surface area contributed by atoms with Crippen molar-refractivity contribution in [3.8, 4) is 17.2 Å². The van der Waals surface area contributed by atoms with Crippen LogP contribution in [0.15, 0.2) is 58.7 Å². The molecule has 2 aromatic rings. The fourth-order valence-corrected chi connectivity index (χ4v) is 5.44. The Bertz CT molecular complexity index is 1250. The van der Waals surface area contributed by atoms with Crippen LogP contribution in [0.2, 0.25) is 0 Å². The van der Waals surface area contributed by atoms with E-state index in [0.717, 1.165) is 22.6 Å². The number of rotatable bonds is 11. The van der Waals surface area contributed by atoms with Crippen molar-refractivity contribution in [1.82, 2.24) is 0 Å². The molecule has 8 nitrogen and oxygen atoms in total. The fraction of sp³-hybridized carbons (Fsp3) is 0.452. The van der Waals surface area contributed by atoms with Crippen LogP contribution in [0.4, 0.5) is 0 Å². The van der Waals surface area contributed by atoms with Gasteiger partial charge in [-0.3, -0.25) is 14.6 Å². The summed E-state index contributed by atoms with van der Waals surface area (Å²) in [5.74, 6) is 0.300. The van der Waals surface area contributed by atoms with Gasteiger partial charge in [-0.1, -0.05) is 18.2 Å². The molecule has 39 heavy (non-hydrogen) atoms. The van der Waals surface area contributed by atoms with Crippen LogP contribution in [0.25, 0.3) is 0 Å². The maximum atomic E-state index is 13.8. The molecule has 0 N–H and O–H groups in total. The normalized spacial score (nSPS) is 20.7. The number of hydrogen-bond donors (Lipinski definition) is 0. The Morgan fingerprint density at radius 1 is 0.923 bits per heavy atom. The van der Waals surface area contributed by atoms with Crippen molar-refractivity contribution in [2.75, 3.05) is 40.6 Å². The topological polar surface area (TPSA) is 92.7 Å². The minimum absolute atomic E-state index is 0.0155. The number of ether oxygens (including phenoxy) is 5. The molecule has 0 amide bonds. The van der Waals surface area contributed by atoms with E-state index in [1.165, 1.54) is 0 Å². The Labute approximate surface area is 230 Å². The van der Waals surface area contributed by atoms with E-state index in [0.29, 0.717) is 55.4 Å². The Kier molecular flexibility index (Phi) is 9.41. The summed E-state index contributed by atoms with van der Waals surface area (Å²) in [5, 5.41) is 0. The first kappa shape index (κ1) is 28.4. The zero-order chi connectivity index (χ0) is 27.9. The number of Topliss-reactive ketones (excluding diaryl/α,β-unsaturated/α-hetero) is 1. The van der Waals surface area contributed by atoms with Crippen LogP contribution < -0.4 is 14.2 Å². The predicted molar refractivity (Wildman–Crippen MR) is 148 cm³/mol. The molecular formula is C31H37NO7. The average molecular weight is 536 g/mol. The number of carbonyl (C=O) groups is 2. The van der Waals surface area contributed by atoms with Gasteiger partial charge >= 0.3 is 5.97 Å². The van der Waals surface area contributed by atoms with Crippen LogP contribution >= 0.6 is 0 Å². The summed E-state index contributed by atoms with van der Waals surface area (Å²) in [5.41, 5.74) is 3.78. The van der Waals surface area contributed by atoms with Crippen LogP contribution in [0.1, 0.15) is 56.6 Å². The molecule has 0 saturated heterocycles. The van der Waals surface area contributed by atoms with Gasteiger partial charge in [0.25, 0.3) is 0 Å². The maximum absolute atomic E-state index is 13.8. The molecule has 0 saturated carbocycles. The van der Waals surface area contributed by atoms with Crippen molar-refractivity contribution in [2.24, 2.45) is 10.9 Å². The van der Waals surface area contributed by atoms with E-state index < -0.39 is 17.8 Å². The maximum Gasteiger partial charge on any atom is 0.315 e. The molecule has 1 aliphatic heterocycles. The lowest BCUT2D eigenvalue weighted by molar-refractivity contribution is -0.148. The van der Waals surface area contributed by atoms with E-state index in [-0.39, 0.29) is 18.3 Å². The summed E-state index contributed by atoms with van der Waals surface area (Å²) in [6, 6.07) is 13.3. The number of aliphatic imine (C=N–C) groups is 1. The predicted octanol–water partition coefficient (Wildman–Crippen LogP) is 5.26. The molecule has 1 heterocycles. The zero-order valence-electron chi connectivity index (χ0n) is 23.3. The minimum atomic E-state index is -0.704. The van der Waals surface area contributed by atoms with Gasteiger partial charge in [-0.2, -0.15) is 0 Å². The molecule has 208 valence electrons. The van der Waals surface area contributed by atoms with Crippen molar-refractivity contribution in [2.45, 2.75) is 45.4 Å². The van der Waals surface area contributed by atoms with Gasteiger partial charge in [-0.25, -0.2) is 0 Å². The molecule has 4 rings (SSSR count). The molecule has 3 atom stereocenters. The number of methoxy groups -OCH3 is 2. The minimum Gasteiger partial charge on any atom is -0.494 e. The quantitative estimate of drug-likeness (QED) is 0.286. The summed E-state index contributed by atoms with van der Waals surface area (Å²) in [6.45, 7) is 7.21. The standard InChI is InChI=1S/C31H37NO7/c1-6-37-14-15-39-31(34)28-19(3)32-24-16-22(21-10-13-26(35-4)27(18-21)36-5)17-25(33)30(24)29(28)20-8-11-23(12-9-20)38-7-2/h8-13,18,22,28-29H,6-7,14-17H2,1-5H3/t22-,28?,29-/m0/s1. The third-order valence-electron chi connectivity index (χ3n) is 7.25. The van der Waals surface area contributed by atoms with Gasteiger partial charge in [0, 0.05) is 35.9 Å². The van der Waals surface area contributed by atoms with Gasteiger partial charge in [-0.05, 0) is 68.5 Å². The van der Waals surface area contributed by atoms with Crippen molar-refractivity contribution >= 4 is 17.5 Å². The molecule has 0 spiro atoms. The Morgan fingerprint density at radius 2 is 1.64 bits per heavy atom. The smallest absolute Gasteiger partial charge is 0.315 e. The Morgan fingerprint density at radius 3 is 2.31 bits per heavy atom. The second kappa shape index (κ2) is 12.9. The summed E-state index contributed by atoms with van der Waals surface area (Å²) in [4.78, 5) is 32.1. The summed E-state index contributed by atoms with van der Waals surface area (Å²) in [7, 11) is 3.19. The van der Waals surface area contributed by atoms with Gasteiger partial charge in [0.2, 0.25) is 0 Å². The largest absolute Gasteiger partial charge is 0.494 e. The highest BCUT2D eigenvalue weighted by Gasteiger charge is 2.44. The molecule has 0 fully saturated rings. The lowest BCUT2D eigenvalue weighted by Gasteiger charge is -2.36. The summed E-state index contributed by atoms with van der Waals surface area (Å²) in [6.07, 6.45) is 0.885. The Hall–Kier alpha value is -3.65. The third-order valence-corrected chi connectivity index (χ3v) is 7.25. The first-order chi connectivity index (χ1) is 18.9. The second-order valence-electron chi connectivity index (χ2n) is 9.58. The van der Waals surface area contributed by atoms with Gasteiger partial charge in [-0.15, -0.1) is 0 Å². The molecule has 1 aliphatic carbocycles. The molecule has 1 unspecified atom stereocenters. The molecule has 8 heteroatoms. The number of ketones is 1. The molecule has 0 aromatic heterocycles. The van der Waals surface area contributed by atoms with Crippen molar-refractivity contribution in [3.63, 3.8) is 0 Å². The number of hydrogen-bond acceptors (Lipinski definition) is 8. The molecule has 2 aromatic carbocycles. The van der Waals surface area contributed by atoms with Gasteiger partial charge in [0.05, 0.1) is 27.4 Å². The summed E-state index contributed by atoms with van der Waals surface area (Å²) >= 11 is 0. The zero-order valence-corrected chi connectivity index (χ0v) is 23.3. The fourth-order valence-electron chi connectivity index (χ4n) is 5.44. The van der Waals surface area contributed by atoms with Gasteiger partial charge in [0.1, 0.15) is 18.3 Å². The van der Waals surface area contributed by atoms with Crippen LogP contribution in [-0.4, -0.2) is 58.1 Å². The van der Waals surface area contributed by atoms with Crippen LogP contribution in [0, 0.1) is 5.92 Å². The van der Waals surface area contributed by atoms with E-state index >= 15 is 0 Å². The highest BCUT2D eigenvalue weighted by atomic mass is 16.6. The number of nitrogens with zero attached hydrogens (tertiary/aromatic N) is 1. The highest BCUT2D eigenvalue weighted by molar-refractivity contribution is 6.09. The van der Waals surface area contributed by atoms with E-state index in [1.54, 1.807) is 14.2 Å². The first-order valence-electron chi connectivity index (χ1n) is 13.4. The monoisotopic (exact) mass is 535 g/mol. The lowest BCUT2D eigenvalue weighted by Crippen LogP contribution is -2.38. The summed E-state index contributed by atoms with van der Waals surface area (Å²) < 4.78 is 27.4. The van der Waals surface area contributed by atoms with Crippen molar-refractivity contribution in [3.05, 3.63) is 64.9 Å². The van der Waals surface area contributed by atoms with Crippen LogP contribution in [-0.2, 0) is 19.1 Å². The van der Waals surface area contributed by atoms with E-state index in [2.05, 4.69) is 0 Å². The van der Waals surface area contributed by atoms with Crippen molar-refractivity contribution in [1.29, 1.82) is 0 Å². The SMILES string of the molecule is CCOCCOC(=O)C1C(C)=NC2=C(C(=O)C[C@@H](c3ccc(OC)c(OC)c3)C2)[C@H]1c1ccc(OCC)cc1. The van der Waals surface area contributed by atoms with E-state index in [4.69, 9.17) is 28.7 Å². The number of carbonyl (C=O) groups excluding carboxylic acids is 2. The average Bonchev–Trinajstić information content (AvgIpc) is 2.94. The van der Waals surface area contributed by atoms with Gasteiger partial charge < -0.3 is 23.7 Å². The second-order valence-corrected chi connectivity index (χ2v) is 9.58. The van der Waals surface area contributed by atoms with Gasteiger partial charge in [0.15, 0.2) is 17.3 Å². The van der Waals surface area contributed by atoms with E-state index in [9.17, 15) is 9.59 Å². The number of benzene rings is 2. The molecule has 0 bridgehead atoms. The van der Waals surface area contributed by atoms with Crippen LogP contribution in [0.3, 0.4) is 0 Å².